The van der Waals surface area contributed by atoms with Crippen LogP contribution in [0.5, 0.6) is 0 Å². The lowest BCUT2D eigenvalue weighted by Crippen LogP contribution is -2.30. The topological polar surface area (TPSA) is 78.9 Å². The molecule has 6 nitrogen and oxygen atoms in total. The Morgan fingerprint density at radius 2 is 0.398 bits per heavy atom. The first-order chi connectivity index (χ1) is 41.0. The molecule has 0 saturated carbocycles. The third kappa shape index (κ3) is 70.8. The highest BCUT2D eigenvalue weighted by atomic mass is 16.6. The van der Waals surface area contributed by atoms with Gasteiger partial charge in [0.25, 0.3) is 0 Å². The first-order valence-electron chi connectivity index (χ1n) is 38.2. The zero-order valence-electron chi connectivity index (χ0n) is 56.8. The fraction of sp³-hybridized carbons (Fsp3) is 0.935. The molecule has 6 heteroatoms. The summed E-state index contributed by atoms with van der Waals surface area (Å²) >= 11 is 0. The Morgan fingerprint density at radius 1 is 0.229 bits per heavy atom. The van der Waals surface area contributed by atoms with Gasteiger partial charge in [0.1, 0.15) is 13.2 Å². The molecule has 0 bridgehead atoms. The molecular weight excluding hydrogens is 1020 g/mol. The van der Waals surface area contributed by atoms with Crippen molar-refractivity contribution in [3.05, 3.63) is 12.2 Å². The van der Waals surface area contributed by atoms with Crippen molar-refractivity contribution in [3.63, 3.8) is 0 Å². The van der Waals surface area contributed by atoms with E-state index in [0.717, 1.165) is 57.8 Å². The van der Waals surface area contributed by atoms with E-state index in [1.807, 2.05) is 0 Å². The maximum absolute atomic E-state index is 13.0. The number of ether oxygens (including phenoxy) is 3. The van der Waals surface area contributed by atoms with Crippen LogP contribution in [0.3, 0.4) is 0 Å². The fourth-order valence-corrected chi connectivity index (χ4v) is 12.0. The molecule has 492 valence electrons. The van der Waals surface area contributed by atoms with Crippen molar-refractivity contribution in [3.8, 4) is 0 Å². The predicted octanol–water partition coefficient (Wildman–Crippen LogP) is 26.3. The second kappa shape index (κ2) is 72.6. The lowest BCUT2D eigenvalue weighted by atomic mass is 10.0. The van der Waals surface area contributed by atoms with E-state index >= 15 is 0 Å². The average Bonchev–Trinajstić information content (AvgIpc) is 3.50. The van der Waals surface area contributed by atoms with E-state index in [4.69, 9.17) is 14.2 Å². The Hall–Kier alpha value is -1.85. The van der Waals surface area contributed by atoms with E-state index in [-0.39, 0.29) is 31.1 Å². The van der Waals surface area contributed by atoms with Gasteiger partial charge in [-0.05, 0) is 44.9 Å². The van der Waals surface area contributed by atoms with Gasteiger partial charge in [-0.3, -0.25) is 14.4 Å². The quantitative estimate of drug-likeness (QED) is 0.0261. The largest absolute Gasteiger partial charge is 0.462 e. The molecule has 0 aromatic rings. The van der Waals surface area contributed by atoms with Gasteiger partial charge in [-0.2, -0.15) is 0 Å². The lowest BCUT2D eigenvalue weighted by Gasteiger charge is -2.18. The van der Waals surface area contributed by atoms with E-state index in [1.165, 1.54) is 347 Å². The van der Waals surface area contributed by atoms with Gasteiger partial charge >= 0.3 is 17.9 Å². The third-order valence-corrected chi connectivity index (χ3v) is 17.8. The van der Waals surface area contributed by atoms with Gasteiger partial charge in [-0.1, -0.05) is 392 Å². The smallest absolute Gasteiger partial charge is 0.306 e. The second-order valence-corrected chi connectivity index (χ2v) is 26.3. The molecule has 0 aliphatic heterocycles. The van der Waals surface area contributed by atoms with Crippen molar-refractivity contribution in [2.24, 2.45) is 0 Å². The van der Waals surface area contributed by atoms with Gasteiger partial charge in [0.05, 0.1) is 0 Å². The molecule has 0 N–H and O–H groups in total. The van der Waals surface area contributed by atoms with Gasteiger partial charge in [0, 0.05) is 19.3 Å². The van der Waals surface area contributed by atoms with Crippen LogP contribution in [0.4, 0.5) is 0 Å². The van der Waals surface area contributed by atoms with Crippen LogP contribution < -0.4 is 0 Å². The minimum absolute atomic E-state index is 0.0646. The minimum Gasteiger partial charge on any atom is -0.462 e. The number of carbonyl (C=O) groups excluding carboxylic acids is 3. The normalized spacial score (nSPS) is 12.0. The summed E-state index contributed by atoms with van der Waals surface area (Å²) < 4.78 is 17.0. The molecule has 0 radical (unpaired) electrons. The summed E-state index contributed by atoms with van der Waals surface area (Å²) in [7, 11) is 0. The molecule has 0 heterocycles. The minimum atomic E-state index is -0.769. The van der Waals surface area contributed by atoms with Crippen molar-refractivity contribution in [2.45, 2.75) is 451 Å². The van der Waals surface area contributed by atoms with Gasteiger partial charge in [-0.25, -0.2) is 0 Å². The van der Waals surface area contributed by atoms with Crippen LogP contribution in [0.1, 0.15) is 445 Å². The number of esters is 3. The van der Waals surface area contributed by atoms with Crippen LogP contribution >= 0.6 is 0 Å². The molecule has 0 rings (SSSR count). The summed E-state index contributed by atoms with van der Waals surface area (Å²) in [5, 5.41) is 0. The van der Waals surface area contributed by atoms with Crippen LogP contribution in [0.2, 0.25) is 0 Å². The number of hydrogen-bond acceptors (Lipinski definition) is 6. The first-order valence-corrected chi connectivity index (χ1v) is 38.2. The Kier molecular flexibility index (Phi) is 71.0. The molecule has 83 heavy (non-hydrogen) atoms. The molecule has 0 amide bonds. The SMILES string of the molecule is CCCCCCCCC/C=C\CCCCCCCCCC(=O)OC(COC(=O)CCCCCCCCCCCCCCCCCCC)COC(=O)CCCCCCCCCCCCCCCCCCCCCCCCCCCCCCCC. The summed E-state index contributed by atoms with van der Waals surface area (Å²) in [6, 6.07) is 0. The lowest BCUT2D eigenvalue weighted by molar-refractivity contribution is -0.167. The van der Waals surface area contributed by atoms with Crippen molar-refractivity contribution in [1.29, 1.82) is 0 Å². The Balaban J connectivity index is 4.18. The van der Waals surface area contributed by atoms with Gasteiger partial charge < -0.3 is 14.2 Å². The highest BCUT2D eigenvalue weighted by Crippen LogP contribution is 2.20. The number of unbranched alkanes of at least 4 members (excludes halogenated alkanes) is 59. The molecular formula is C77H148O6. The summed E-state index contributed by atoms with van der Waals surface area (Å²) in [6.45, 7) is 6.74. The molecule has 0 aromatic carbocycles. The second-order valence-electron chi connectivity index (χ2n) is 26.3. The van der Waals surface area contributed by atoms with E-state index in [0.29, 0.717) is 19.3 Å². The van der Waals surface area contributed by atoms with Crippen molar-refractivity contribution in [2.75, 3.05) is 13.2 Å². The third-order valence-electron chi connectivity index (χ3n) is 17.8. The molecule has 1 unspecified atom stereocenters. The maximum atomic E-state index is 13.0. The van der Waals surface area contributed by atoms with Gasteiger partial charge in [0.2, 0.25) is 0 Å². The Morgan fingerprint density at radius 3 is 0.602 bits per heavy atom. The Labute approximate surface area is 520 Å². The molecule has 0 fully saturated rings. The summed E-state index contributed by atoms with van der Waals surface area (Å²) in [4.78, 5) is 38.5. The van der Waals surface area contributed by atoms with E-state index in [9.17, 15) is 14.4 Å². The van der Waals surface area contributed by atoms with E-state index in [1.54, 1.807) is 0 Å². The molecule has 1 atom stereocenters. The highest BCUT2D eigenvalue weighted by Gasteiger charge is 2.20. The zero-order chi connectivity index (χ0) is 59.9. The van der Waals surface area contributed by atoms with Crippen LogP contribution in [0.25, 0.3) is 0 Å². The summed E-state index contributed by atoms with van der Waals surface area (Å²) in [6.07, 6.45) is 88.4. The number of allylic oxidation sites excluding steroid dienone is 2. The predicted molar refractivity (Wildman–Crippen MR) is 363 cm³/mol. The van der Waals surface area contributed by atoms with E-state index < -0.39 is 6.10 Å². The summed E-state index contributed by atoms with van der Waals surface area (Å²) in [5.41, 5.74) is 0. The highest BCUT2D eigenvalue weighted by molar-refractivity contribution is 5.71. The van der Waals surface area contributed by atoms with Gasteiger partial charge in [-0.15, -0.1) is 0 Å². The monoisotopic (exact) mass is 1170 g/mol. The molecule has 0 saturated heterocycles. The first kappa shape index (κ1) is 81.2. The molecule has 0 aromatic heterocycles. The number of hydrogen-bond donors (Lipinski definition) is 0. The number of rotatable bonds is 72. The molecule has 0 aliphatic rings. The maximum Gasteiger partial charge on any atom is 0.306 e. The van der Waals surface area contributed by atoms with Crippen molar-refractivity contribution >= 4 is 17.9 Å². The number of carbonyl (C=O) groups is 3. The van der Waals surface area contributed by atoms with E-state index in [2.05, 4.69) is 32.9 Å². The van der Waals surface area contributed by atoms with Crippen LogP contribution in [-0.4, -0.2) is 37.2 Å². The summed E-state index contributed by atoms with van der Waals surface area (Å²) in [5.74, 6) is -0.829. The fourth-order valence-electron chi connectivity index (χ4n) is 12.0. The van der Waals surface area contributed by atoms with Crippen LogP contribution in [0.15, 0.2) is 12.2 Å². The Bertz CT molecular complexity index is 1300. The molecule has 0 aliphatic carbocycles. The van der Waals surface area contributed by atoms with Crippen molar-refractivity contribution < 1.29 is 28.6 Å². The molecule has 0 spiro atoms. The van der Waals surface area contributed by atoms with Gasteiger partial charge in [0.15, 0.2) is 6.10 Å². The standard InChI is InChI=1S/C77H148O6/c1-4-7-10-13-16-19-22-25-28-31-33-34-35-36-37-38-39-40-41-42-43-44-47-49-52-55-58-61-64-67-70-76(79)82-73-74(72-81-75(78)69-66-63-60-57-54-51-48-45-30-27-24-21-18-15-12-9-6-3)83-77(80)71-68-65-62-59-56-53-50-46-32-29-26-23-20-17-14-11-8-5-2/h29,32,74H,4-28,30-31,33-73H2,1-3H3/b32-29-. The average molecular weight is 1170 g/mol. The zero-order valence-corrected chi connectivity index (χ0v) is 56.8. The van der Waals surface area contributed by atoms with Crippen LogP contribution in [0, 0.1) is 0 Å². The van der Waals surface area contributed by atoms with Crippen molar-refractivity contribution in [1.82, 2.24) is 0 Å². The van der Waals surface area contributed by atoms with Crippen LogP contribution in [-0.2, 0) is 28.6 Å².